The third-order valence-electron chi connectivity index (χ3n) is 4.54. The summed E-state index contributed by atoms with van der Waals surface area (Å²) in [6, 6.07) is 0.116. The Morgan fingerprint density at radius 2 is 1.27 bits per heavy atom. The summed E-state index contributed by atoms with van der Waals surface area (Å²) in [5, 5.41) is 3.30. The standard InChI is InChI=1S/C15H14F5NO/c16-10-9(11(17)13(19)14(20)12(10)18)15(22)6-4-7-2-1-3-8(5-6)21-7/h6-8,21H,1-5H2. The molecule has 7 heteroatoms. The Kier molecular flexibility index (Phi) is 3.92. The Hall–Kier alpha value is -1.50. The minimum atomic E-state index is -2.24. The molecule has 2 aliphatic heterocycles. The summed E-state index contributed by atoms with van der Waals surface area (Å²) in [5.41, 5.74) is -1.30. The molecule has 2 atom stereocenters. The molecule has 2 unspecified atom stereocenters. The van der Waals surface area contributed by atoms with Gasteiger partial charge in [0.1, 0.15) is 0 Å². The lowest BCUT2D eigenvalue weighted by molar-refractivity contribution is 0.0813. The summed E-state index contributed by atoms with van der Waals surface area (Å²) in [6.45, 7) is 0. The molecule has 1 N–H and O–H groups in total. The number of benzene rings is 1. The minimum absolute atomic E-state index is 0.0581. The van der Waals surface area contributed by atoms with Crippen LogP contribution in [0.5, 0.6) is 0 Å². The second-order valence-electron chi connectivity index (χ2n) is 5.97. The van der Waals surface area contributed by atoms with Crippen LogP contribution in [0.3, 0.4) is 0 Å². The van der Waals surface area contributed by atoms with Crippen molar-refractivity contribution in [3.05, 3.63) is 34.6 Å². The zero-order chi connectivity index (χ0) is 16.0. The molecule has 0 aromatic heterocycles. The summed E-state index contributed by atoms with van der Waals surface area (Å²) in [5.74, 6) is -12.2. The van der Waals surface area contributed by atoms with E-state index in [-0.39, 0.29) is 12.1 Å². The first-order valence-corrected chi connectivity index (χ1v) is 7.21. The van der Waals surface area contributed by atoms with Crippen molar-refractivity contribution < 1.29 is 26.7 Å². The summed E-state index contributed by atoms with van der Waals surface area (Å²) in [6.07, 6.45) is 3.41. The Morgan fingerprint density at radius 3 is 1.77 bits per heavy atom. The molecule has 0 radical (unpaired) electrons. The van der Waals surface area contributed by atoms with Gasteiger partial charge in [0.25, 0.3) is 0 Å². The number of halogens is 5. The van der Waals surface area contributed by atoms with Crippen LogP contribution in [0.15, 0.2) is 0 Å². The molecule has 2 nitrogen and oxygen atoms in total. The van der Waals surface area contributed by atoms with Crippen molar-refractivity contribution in [2.75, 3.05) is 0 Å². The van der Waals surface area contributed by atoms with E-state index in [1.165, 1.54) is 0 Å². The number of fused-ring (bicyclic) bond motifs is 2. The maximum absolute atomic E-state index is 13.7. The number of carbonyl (C=O) groups excluding carboxylic acids is 1. The summed E-state index contributed by atoms with van der Waals surface area (Å²) in [7, 11) is 0. The average Bonchev–Trinajstić information content (AvgIpc) is 2.50. The number of hydrogen-bond acceptors (Lipinski definition) is 2. The number of ketones is 1. The first kappa shape index (κ1) is 15.4. The van der Waals surface area contributed by atoms with E-state index in [0.29, 0.717) is 12.8 Å². The predicted molar refractivity (Wildman–Crippen MR) is 67.8 cm³/mol. The van der Waals surface area contributed by atoms with E-state index in [4.69, 9.17) is 0 Å². The molecule has 22 heavy (non-hydrogen) atoms. The van der Waals surface area contributed by atoms with Gasteiger partial charge < -0.3 is 5.32 Å². The van der Waals surface area contributed by atoms with Crippen LogP contribution in [0.2, 0.25) is 0 Å². The molecule has 0 spiro atoms. The number of Topliss-reactive ketones (excluding diaryl/α,β-unsaturated/α-hetero) is 1. The predicted octanol–water partition coefficient (Wildman–Crippen LogP) is 3.49. The fourth-order valence-corrected chi connectivity index (χ4v) is 3.50. The van der Waals surface area contributed by atoms with E-state index in [2.05, 4.69) is 5.32 Å². The number of rotatable bonds is 2. The average molecular weight is 319 g/mol. The topological polar surface area (TPSA) is 29.1 Å². The van der Waals surface area contributed by atoms with E-state index < -0.39 is 46.4 Å². The van der Waals surface area contributed by atoms with Gasteiger partial charge in [-0.15, -0.1) is 0 Å². The van der Waals surface area contributed by atoms with Gasteiger partial charge in [0.2, 0.25) is 5.82 Å². The van der Waals surface area contributed by atoms with E-state index >= 15 is 0 Å². The highest BCUT2D eigenvalue weighted by atomic mass is 19.2. The minimum Gasteiger partial charge on any atom is -0.311 e. The van der Waals surface area contributed by atoms with Crippen LogP contribution in [0.4, 0.5) is 22.0 Å². The summed E-state index contributed by atoms with van der Waals surface area (Å²) >= 11 is 0. The maximum Gasteiger partial charge on any atom is 0.200 e. The van der Waals surface area contributed by atoms with E-state index in [1.807, 2.05) is 0 Å². The van der Waals surface area contributed by atoms with Crippen LogP contribution in [0.1, 0.15) is 42.5 Å². The van der Waals surface area contributed by atoms with Gasteiger partial charge in [-0.1, -0.05) is 6.42 Å². The SMILES string of the molecule is O=C(c1c(F)c(F)c(F)c(F)c1F)C1CC2CCCC(C1)N2. The van der Waals surface area contributed by atoms with Gasteiger partial charge in [-0.05, 0) is 25.7 Å². The van der Waals surface area contributed by atoms with E-state index in [0.717, 1.165) is 19.3 Å². The molecule has 1 aromatic rings. The Morgan fingerprint density at radius 1 is 0.818 bits per heavy atom. The van der Waals surface area contributed by atoms with Crippen molar-refractivity contribution >= 4 is 5.78 Å². The Bertz CT molecular complexity index is 592. The van der Waals surface area contributed by atoms with Crippen LogP contribution in [0, 0.1) is 35.0 Å². The quantitative estimate of drug-likeness (QED) is 0.391. The van der Waals surface area contributed by atoms with E-state index in [9.17, 15) is 26.7 Å². The van der Waals surface area contributed by atoms with Crippen molar-refractivity contribution in [2.45, 2.75) is 44.2 Å². The monoisotopic (exact) mass is 319 g/mol. The first-order valence-electron chi connectivity index (χ1n) is 7.21. The van der Waals surface area contributed by atoms with Gasteiger partial charge in [-0.3, -0.25) is 4.79 Å². The van der Waals surface area contributed by atoms with Gasteiger partial charge in [0, 0.05) is 18.0 Å². The third-order valence-corrected chi connectivity index (χ3v) is 4.54. The first-order chi connectivity index (χ1) is 10.4. The number of nitrogens with one attached hydrogen (secondary N) is 1. The Labute approximate surface area is 123 Å². The molecule has 2 saturated heterocycles. The van der Waals surface area contributed by atoms with Crippen LogP contribution < -0.4 is 5.32 Å². The second-order valence-corrected chi connectivity index (χ2v) is 5.97. The van der Waals surface area contributed by atoms with Gasteiger partial charge in [-0.25, -0.2) is 22.0 Å². The molecular formula is C15H14F5NO. The van der Waals surface area contributed by atoms with Gasteiger partial charge >= 0.3 is 0 Å². The van der Waals surface area contributed by atoms with Crippen molar-refractivity contribution in [2.24, 2.45) is 5.92 Å². The van der Waals surface area contributed by atoms with Crippen molar-refractivity contribution in [1.82, 2.24) is 5.32 Å². The molecule has 0 amide bonds. The van der Waals surface area contributed by atoms with Gasteiger partial charge in [-0.2, -0.15) is 0 Å². The number of hydrogen-bond donors (Lipinski definition) is 1. The fraction of sp³-hybridized carbons (Fsp3) is 0.533. The van der Waals surface area contributed by atoms with Crippen molar-refractivity contribution in [1.29, 1.82) is 0 Å². The largest absolute Gasteiger partial charge is 0.311 e. The highest BCUT2D eigenvalue weighted by Gasteiger charge is 2.38. The van der Waals surface area contributed by atoms with Crippen LogP contribution >= 0.6 is 0 Å². The summed E-state index contributed by atoms with van der Waals surface area (Å²) < 4.78 is 67.0. The zero-order valence-corrected chi connectivity index (χ0v) is 11.6. The molecule has 2 fully saturated rings. The molecule has 2 heterocycles. The normalized spacial score (nSPS) is 27.8. The molecule has 0 saturated carbocycles. The van der Waals surface area contributed by atoms with E-state index in [1.54, 1.807) is 0 Å². The van der Waals surface area contributed by atoms with Crippen LogP contribution in [-0.2, 0) is 0 Å². The molecular weight excluding hydrogens is 305 g/mol. The molecule has 1 aromatic carbocycles. The highest BCUT2D eigenvalue weighted by Crippen LogP contribution is 2.34. The number of piperidine rings is 2. The lowest BCUT2D eigenvalue weighted by Gasteiger charge is -2.39. The molecule has 3 rings (SSSR count). The molecule has 2 aliphatic rings. The lowest BCUT2D eigenvalue weighted by atomic mass is 9.77. The van der Waals surface area contributed by atoms with Gasteiger partial charge in [0.05, 0.1) is 5.56 Å². The third kappa shape index (κ3) is 2.41. The second kappa shape index (κ2) is 5.61. The van der Waals surface area contributed by atoms with Gasteiger partial charge in [0.15, 0.2) is 29.1 Å². The van der Waals surface area contributed by atoms with Crippen molar-refractivity contribution in [3.8, 4) is 0 Å². The smallest absolute Gasteiger partial charge is 0.200 e. The van der Waals surface area contributed by atoms with Crippen LogP contribution in [0.25, 0.3) is 0 Å². The maximum atomic E-state index is 13.7. The van der Waals surface area contributed by atoms with Crippen LogP contribution in [-0.4, -0.2) is 17.9 Å². The highest BCUT2D eigenvalue weighted by molar-refractivity contribution is 5.98. The fourth-order valence-electron chi connectivity index (χ4n) is 3.50. The molecule has 2 bridgehead atoms. The summed E-state index contributed by atoms with van der Waals surface area (Å²) in [4.78, 5) is 12.3. The lowest BCUT2D eigenvalue weighted by Crippen LogP contribution is -2.50. The zero-order valence-electron chi connectivity index (χ0n) is 11.6. The Balaban J connectivity index is 1.96. The molecule has 0 aliphatic carbocycles. The number of carbonyl (C=O) groups is 1. The molecule has 120 valence electrons. The van der Waals surface area contributed by atoms with Crippen molar-refractivity contribution in [3.63, 3.8) is 0 Å².